The van der Waals surface area contributed by atoms with E-state index in [-0.39, 0.29) is 35.7 Å². The molecule has 3 heterocycles. The average Bonchev–Trinajstić information content (AvgIpc) is 3.10. The Kier molecular flexibility index (Phi) is 4.91. The molecule has 0 N–H and O–H groups in total. The molecule has 0 unspecified atom stereocenters. The first-order valence-electron chi connectivity index (χ1n) is 9.65. The molecular formula is C20H24N6O3. The fourth-order valence-electron chi connectivity index (χ4n) is 3.62. The molecule has 0 bridgehead atoms. The van der Waals surface area contributed by atoms with Crippen molar-refractivity contribution in [3.8, 4) is 5.69 Å². The van der Waals surface area contributed by atoms with Crippen LogP contribution in [0, 0.1) is 13.8 Å². The maximum atomic E-state index is 12.9. The third kappa shape index (κ3) is 3.65. The minimum absolute atomic E-state index is 0.0297. The molecule has 0 saturated carbocycles. The maximum absolute atomic E-state index is 12.9. The highest BCUT2D eigenvalue weighted by molar-refractivity contribution is 5.77. The quantitative estimate of drug-likeness (QED) is 0.661. The molecule has 0 aliphatic carbocycles. The fraction of sp³-hybridized carbons (Fsp3) is 0.450. The van der Waals surface area contributed by atoms with Crippen LogP contribution in [0.15, 0.2) is 29.3 Å². The Bertz CT molecular complexity index is 1120. The molecule has 1 aliphatic heterocycles. The molecule has 0 spiro atoms. The minimum atomic E-state index is -0.382. The van der Waals surface area contributed by atoms with Crippen molar-refractivity contribution in [1.82, 2.24) is 29.4 Å². The Morgan fingerprint density at radius 3 is 2.59 bits per heavy atom. The monoisotopic (exact) mass is 396 g/mol. The van der Waals surface area contributed by atoms with Crippen LogP contribution < -0.4 is 5.56 Å². The Morgan fingerprint density at radius 2 is 1.90 bits per heavy atom. The van der Waals surface area contributed by atoms with Crippen LogP contribution in [0.1, 0.15) is 25.0 Å². The van der Waals surface area contributed by atoms with Gasteiger partial charge in [-0.1, -0.05) is 11.3 Å². The highest BCUT2D eigenvalue weighted by Gasteiger charge is 2.26. The summed E-state index contributed by atoms with van der Waals surface area (Å²) in [6.45, 7) is 8.84. The summed E-state index contributed by atoms with van der Waals surface area (Å²) in [7, 11) is 0. The van der Waals surface area contributed by atoms with E-state index in [0.717, 1.165) is 11.3 Å². The van der Waals surface area contributed by atoms with E-state index in [9.17, 15) is 9.59 Å². The van der Waals surface area contributed by atoms with Gasteiger partial charge in [-0.3, -0.25) is 14.2 Å². The van der Waals surface area contributed by atoms with Crippen LogP contribution in [-0.2, 0) is 16.1 Å². The Morgan fingerprint density at radius 1 is 1.17 bits per heavy atom. The zero-order chi connectivity index (χ0) is 20.7. The maximum Gasteiger partial charge on any atom is 0.284 e. The van der Waals surface area contributed by atoms with E-state index in [0.29, 0.717) is 18.7 Å². The first-order chi connectivity index (χ1) is 13.8. The van der Waals surface area contributed by atoms with Gasteiger partial charge >= 0.3 is 0 Å². The number of benzene rings is 1. The molecule has 152 valence electrons. The second kappa shape index (κ2) is 7.40. The molecule has 9 heteroatoms. The molecule has 29 heavy (non-hydrogen) atoms. The molecule has 2 atom stereocenters. The van der Waals surface area contributed by atoms with Crippen molar-refractivity contribution in [2.75, 3.05) is 13.1 Å². The number of hydrogen-bond donors (Lipinski definition) is 0. The van der Waals surface area contributed by atoms with Gasteiger partial charge in [0.05, 0.1) is 17.9 Å². The number of hydrogen-bond acceptors (Lipinski definition) is 6. The summed E-state index contributed by atoms with van der Waals surface area (Å²) < 4.78 is 8.49. The fourth-order valence-corrected chi connectivity index (χ4v) is 3.62. The van der Waals surface area contributed by atoms with Crippen molar-refractivity contribution in [2.24, 2.45) is 0 Å². The number of morpholine rings is 1. The SMILES string of the molecule is Cc1ccc(-n2nnc3c(=O)n(CC(=O)N4C[C@@H](C)O[C@H](C)C4)cnc32)cc1C. The number of aryl methyl sites for hydroxylation is 2. The lowest BCUT2D eigenvalue weighted by Gasteiger charge is -2.35. The second-order valence-corrected chi connectivity index (χ2v) is 7.68. The second-order valence-electron chi connectivity index (χ2n) is 7.68. The van der Waals surface area contributed by atoms with Gasteiger partial charge in [-0.2, -0.15) is 4.68 Å². The zero-order valence-electron chi connectivity index (χ0n) is 17.0. The van der Waals surface area contributed by atoms with Gasteiger partial charge in [0.1, 0.15) is 12.9 Å². The highest BCUT2D eigenvalue weighted by atomic mass is 16.5. The number of fused-ring (bicyclic) bond motifs is 1. The van der Waals surface area contributed by atoms with E-state index in [2.05, 4.69) is 15.3 Å². The number of rotatable bonds is 3. The molecular weight excluding hydrogens is 372 g/mol. The Balaban J connectivity index is 1.63. The van der Waals surface area contributed by atoms with Gasteiger partial charge in [0.25, 0.3) is 5.56 Å². The van der Waals surface area contributed by atoms with Crippen LogP contribution in [0.5, 0.6) is 0 Å². The van der Waals surface area contributed by atoms with Crippen LogP contribution >= 0.6 is 0 Å². The topological polar surface area (TPSA) is 95.1 Å². The Labute approximate surface area is 167 Å². The zero-order valence-corrected chi connectivity index (χ0v) is 17.0. The molecule has 4 rings (SSSR count). The summed E-state index contributed by atoms with van der Waals surface area (Å²) in [4.78, 5) is 31.6. The summed E-state index contributed by atoms with van der Waals surface area (Å²) in [6, 6.07) is 5.87. The number of aromatic nitrogens is 5. The van der Waals surface area contributed by atoms with E-state index in [1.807, 2.05) is 45.9 Å². The van der Waals surface area contributed by atoms with E-state index in [1.54, 1.807) is 9.58 Å². The van der Waals surface area contributed by atoms with Crippen LogP contribution in [0.4, 0.5) is 0 Å². The van der Waals surface area contributed by atoms with E-state index in [4.69, 9.17) is 4.74 Å². The first kappa shape index (κ1) is 19.3. The average molecular weight is 396 g/mol. The number of nitrogens with zero attached hydrogens (tertiary/aromatic N) is 6. The number of carbonyl (C=O) groups excluding carboxylic acids is 1. The summed E-state index contributed by atoms with van der Waals surface area (Å²) in [5.74, 6) is -0.142. The minimum Gasteiger partial charge on any atom is -0.372 e. The van der Waals surface area contributed by atoms with Gasteiger partial charge in [-0.25, -0.2) is 4.98 Å². The predicted molar refractivity (Wildman–Crippen MR) is 107 cm³/mol. The van der Waals surface area contributed by atoms with Crippen LogP contribution in [0.25, 0.3) is 16.9 Å². The lowest BCUT2D eigenvalue weighted by molar-refractivity contribution is -0.143. The highest BCUT2D eigenvalue weighted by Crippen LogP contribution is 2.16. The van der Waals surface area contributed by atoms with Gasteiger partial charge in [-0.15, -0.1) is 5.10 Å². The number of carbonyl (C=O) groups is 1. The van der Waals surface area contributed by atoms with E-state index < -0.39 is 0 Å². The lowest BCUT2D eigenvalue weighted by atomic mass is 10.1. The largest absolute Gasteiger partial charge is 0.372 e. The molecule has 1 saturated heterocycles. The van der Waals surface area contributed by atoms with Crippen molar-refractivity contribution in [1.29, 1.82) is 0 Å². The molecule has 1 amide bonds. The van der Waals surface area contributed by atoms with Crippen molar-refractivity contribution < 1.29 is 9.53 Å². The van der Waals surface area contributed by atoms with Crippen LogP contribution in [-0.4, -0.2) is 60.6 Å². The molecule has 0 radical (unpaired) electrons. The molecule has 2 aromatic heterocycles. The van der Waals surface area contributed by atoms with Gasteiger partial charge in [-0.05, 0) is 51.0 Å². The molecule has 9 nitrogen and oxygen atoms in total. The third-order valence-electron chi connectivity index (χ3n) is 5.24. The van der Waals surface area contributed by atoms with Crippen molar-refractivity contribution in [2.45, 2.75) is 46.4 Å². The number of amides is 1. The Hall–Kier alpha value is -3.07. The molecule has 3 aromatic rings. The predicted octanol–water partition coefficient (Wildman–Crippen LogP) is 1.23. The van der Waals surface area contributed by atoms with Gasteiger partial charge < -0.3 is 9.64 Å². The smallest absolute Gasteiger partial charge is 0.284 e. The normalized spacial score (nSPS) is 19.7. The molecule has 1 aromatic carbocycles. The van der Waals surface area contributed by atoms with Crippen LogP contribution in [0.2, 0.25) is 0 Å². The summed E-state index contributed by atoms with van der Waals surface area (Å²) in [6.07, 6.45) is 1.33. The summed E-state index contributed by atoms with van der Waals surface area (Å²) >= 11 is 0. The van der Waals surface area contributed by atoms with E-state index in [1.165, 1.54) is 16.5 Å². The van der Waals surface area contributed by atoms with Crippen LogP contribution in [0.3, 0.4) is 0 Å². The molecule has 1 fully saturated rings. The number of ether oxygens (including phenoxy) is 1. The van der Waals surface area contributed by atoms with Gasteiger partial charge in [0.2, 0.25) is 5.91 Å². The summed E-state index contributed by atoms with van der Waals surface area (Å²) in [5.41, 5.74) is 3.19. The van der Waals surface area contributed by atoms with Gasteiger partial charge in [0, 0.05) is 13.1 Å². The van der Waals surface area contributed by atoms with Crippen molar-refractivity contribution in [3.05, 3.63) is 46.0 Å². The summed E-state index contributed by atoms with van der Waals surface area (Å²) in [5, 5.41) is 8.13. The third-order valence-corrected chi connectivity index (χ3v) is 5.24. The lowest BCUT2D eigenvalue weighted by Crippen LogP contribution is -2.49. The van der Waals surface area contributed by atoms with Crippen molar-refractivity contribution >= 4 is 17.1 Å². The standard InChI is InChI=1S/C20H24N6O3/c1-12-5-6-16(7-13(12)2)26-19-18(22-23-26)20(28)25(11-21-19)10-17(27)24-8-14(3)29-15(4)9-24/h5-7,11,14-15H,8-10H2,1-4H3/t14-,15-/m1/s1. The first-order valence-corrected chi connectivity index (χ1v) is 9.65. The van der Waals surface area contributed by atoms with Gasteiger partial charge in [0.15, 0.2) is 11.2 Å². The van der Waals surface area contributed by atoms with Crippen molar-refractivity contribution in [3.63, 3.8) is 0 Å². The molecule has 1 aliphatic rings. The van der Waals surface area contributed by atoms with E-state index >= 15 is 0 Å².